The normalized spacial score (nSPS) is 9.85. The van der Waals surface area contributed by atoms with Gasteiger partial charge < -0.3 is 10.7 Å². The van der Waals surface area contributed by atoms with Crippen LogP contribution in [-0.2, 0) is 6.42 Å². The lowest BCUT2D eigenvalue weighted by Crippen LogP contribution is -2.03. The lowest BCUT2D eigenvalue weighted by atomic mass is 10.1. The average Bonchev–Trinajstić information content (AvgIpc) is 2.81. The number of hydrogen-bond donors (Lipinski definition) is 2. The van der Waals surface area contributed by atoms with Crippen LogP contribution in [0.5, 0.6) is 0 Å². The summed E-state index contributed by atoms with van der Waals surface area (Å²) in [5.41, 5.74) is 10.0. The smallest absolute Gasteiger partial charge is 0.108 e. The first kappa shape index (κ1) is 16.5. The number of benzene rings is 2. The van der Waals surface area contributed by atoms with Crippen LogP contribution >= 0.6 is 24.8 Å². The molecular formula is C15H17Cl2N3. The number of nitrogens with one attached hydrogen (secondary N) is 1. The van der Waals surface area contributed by atoms with E-state index in [1.807, 2.05) is 18.2 Å². The van der Waals surface area contributed by atoms with Crippen molar-refractivity contribution in [2.24, 2.45) is 5.73 Å². The lowest BCUT2D eigenvalue weighted by molar-refractivity contribution is 0.900. The molecule has 0 aliphatic rings. The molecule has 3 N–H and O–H groups in total. The first-order valence-corrected chi connectivity index (χ1v) is 6.11. The van der Waals surface area contributed by atoms with Crippen LogP contribution in [0.2, 0.25) is 0 Å². The van der Waals surface area contributed by atoms with Crippen molar-refractivity contribution < 1.29 is 0 Å². The largest absolute Gasteiger partial charge is 0.342 e. The van der Waals surface area contributed by atoms with Crippen molar-refractivity contribution in [3.05, 3.63) is 54.4 Å². The number of nitrogens with zero attached hydrogens (tertiary/aromatic N) is 1. The summed E-state index contributed by atoms with van der Waals surface area (Å²) in [6.07, 6.45) is 0.787. The first-order valence-electron chi connectivity index (χ1n) is 6.11. The van der Waals surface area contributed by atoms with Crippen LogP contribution in [0.4, 0.5) is 0 Å². The minimum atomic E-state index is 0. The Labute approximate surface area is 130 Å². The van der Waals surface area contributed by atoms with Gasteiger partial charge in [-0.3, -0.25) is 0 Å². The fraction of sp³-hybridized carbons (Fsp3) is 0.133. The maximum atomic E-state index is 5.54. The highest BCUT2D eigenvalue weighted by Crippen LogP contribution is 2.23. The van der Waals surface area contributed by atoms with Gasteiger partial charge in [-0.2, -0.15) is 0 Å². The molecule has 3 aromatic rings. The van der Waals surface area contributed by atoms with Gasteiger partial charge in [0.1, 0.15) is 5.82 Å². The Morgan fingerprint density at radius 1 is 0.950 bits per heavy atom. The molecule has 0 spiro atoms. The summed E-state index contributed by atoms with van der Waals surface area (Å²) in [6.45, 7) is 0.616. The first-order chi connectivity index (χ1) is 8.86. The number of H-pyrrole nitrogens is 1. The van der Waals surface area contributed by atoms with Gasteiger partial charge in [-0.1, -0.05) is 36.4 Å². The van der Waals surface area contributed by atoms with Crippen LogP contribution in [0, 0.1) is 0 Å². The highest BCUT2D eigenvalue weighted by atomic mass is 35.5. The number of aromatic nitrogens is 2. The Bertz CT molecular complexity index is 665. The molecular weight excluding hydrogens is 293 g/mol. The van der Waals surface area contributed by atoms with Crippen LogP contribution in [0.3, 0.4) is 0 Å². The molecule has 0 unspecified atom stereocenters. The van der Waals surface area contributed by atoms with Crippen LogP contribution < -0.4 is 5.73 Å². The molecule has 0 saturated carbocycles. The van der Waals surface area contributed by atoms with Gasteiger partial charge >= 0.3 is 0 Å². The molecule has 0 saturated heterocycles. The summed E-state index contributed by atoms with van der Waals surface area (Å²) in [4.78, 5) is 7.84. The molecule has 0 radical (unpaired) electrons. The number of halogens is 2. The van der Waals surface area contributed by atoms with E-state index < -0.39 is 0 Å². The third kappa shape index (κ3) is 3.31. The van der Waals surface area contributed by atoms with E-state index in [0.717, 1.165) is 23.3 Å². The summed E-state index contributed by atoms with van der Waals surface area (Å²) in [6, 6.07) is 16.6. The minimum absolute atomic E-state index is 0. The number of imidazole rings is 1. The molecule has 0 atom stereocenters. The average molecular weight is 310 g/mol. The molecule has 2 aromatic carbocycles. The van der Waals surface area contributed by atoms with E-state index in [-0.39, 0.29) is 24.8 Å². The summed E-state index contributed by atoms with van der Waals surface area (Å²) in [5, 5.41) is 0. The number of aromatic amines is 1. The SMILES string of the molecule is Cl.Cl.NCCc1nc2cc(-c3ccccc3)ccc2[nH]1. The van der Waals surface area contributed by atoms with Gasteiger partial charge in [0.15, 0.2) is 0 Å². The Kier molecular flexibility index (Phi) is 6.02. The van der Waals surface area contributed by atoms with E-state index in [1.54, 1.807) is 0 Å². The predicted molar refractivity (Wildman–Crippen MR) is 88.8 cm³/mol. The number of fused-ring (bicyclic) bond motifs is 1. The second kappa shape index (κ2) is 7.29. The van der Waals surface area contributed by atoms with Crippen molar-refractivity contribution in [1.29, 1.82) is 0 Å². The molecule has 5 heteroatoms. The van der Waals surface area contributed by atoms with Crippen LogP contribution in [0.25, 0.3) is 22.2 Å². The van der Waals surface area contributed by atoms with Crippen molar-refractivity contribution in [2.45, 2.75) is 6.42 Å². The molecule has 0 aliphatic heterocycles. The monoisotopic (exact) mass is 309 g/mol. The summed E-state index contributed by atoms with van der Waals surface area (Å²) < 4.78 is 0. The Morgan fingerprint density at radius 3 is 2.40 bits per heavy atom. The molecule has 0 aliphatic carbocycles. The van der Waals surface area contributed by atoms with E-state index in [4.69, 9.17) is 5.73 Å². The summed E-state index contributed by atoms with van der Waals surface area (Å²) in [7, 11) is 0. The van der Waals surface area contributed by atoms with Crippen LogP contribution in [0.1, 0.15) is 5.82 Å². The Hall–Kier alpha value is -1.55. The van der Waals surface area contributed by atoms with Crippen molar-refractivity contribution in [3.8, 4) is 11.1 Å². The standard InChI is InChI=1S/C15H15N3.2ClH/c16-9-8-15-17-13-7-6-12(10-14(13)18-15)11-4-2-1-3-5-11;;/h1-7,10H,8-9,16H2,(H,17,18);2*1H. The highest BCUT2D eigenvalue weighted by Gasteiger charge is 2.04. The zero-order valence-corrected chi connectivity index (χ0v) is 12.5. The van der Waals surface area contributed by atoms with Crippen molar-refractivity contribution in [1.82, 2.24) is 9.97 Å². The number of rotatable bonds is 3. The van der Waals surface area contributed by atoms with Gasteiger partial charge in [-0.05, 0) is 29.8 Å². The fourth-order valence-electron chi connectivity index (χ4n) is 2.12. The van der Waals surface area contributed by atoms with Gasteiger partial charge in [0.05, 0.1) is 11.0 Å². The Balaban J connectivity index is 0.000001000. The third-order valence-electron chi connectivity index (χ3n) is 3.02. The molecule has 0 fully saturated rings. The van der Waals surface area contributed by atoms with Crippen molar-refractivity contribution in [3.63, 3.8) is 0 Å². The summed E-state index contributed by atoms with van der Waals surface area (Å²) >= 11 is 0. The molecule has 1 heterocycles. The van der Waals surface area contributed by atoms with Gasteiger partial charge in [0.25, 0.3) is 0 Å². The van der Waals surface area contributed by atoms with E-state index >= 15 is 0 Å². The maximum Gasteiger partial charge on any atom is 0.108 e. The topological polar surface area (TPSA) is 54.7 Å². The number of nitrogens with two attached hydrogens (primary N) is 1. The second-order valence-electron chi connectivity index (χ2n) is 4.32. The van der Waals surface area contributed by atoms with E-state index in [2.05, 4.69) is 40.3 Å². The van der Waals surface area contributed by atoms with Crippen LogP contribution in [-0.4, -0.2) is 16.5 Å². The third-order valence-corrected chi connectivity index (χ3v) is 3.02. The molecule has 0 amide bonds. The second-order valence-corrected chi connectivity index (χ2v) is 4.32. The van der Waals surface area contributed by atoms with Crippen molar-refractivity contribution in [2.75, 3.05) is 6.54 Å². The molecule has 0 bridgehead atoms. The zero-order valence-electron chi connectivity index (χ0n) is 10.9. The van der Waals surface area contributed by atoms with Gasteiger partial charge in [0, 0.05) is 6.42 Å². The predicted octanol–water partition coefficient (Wildman–Crippen LogP) is 3.57. The molecule has 1 aromatic heterocycles. The maximum absolute atomic E-state index is 5.54. The van der Waals surface area contributed by atoms with E-state index in [0.29, 0.717) is 6.54 Å². The zero-order chi connectivity index (χ0) is 12.4. The Morgan fingerprint density at radius 2 is 1.70 bits per heavy atom. The minimum Gasteiger partial charge on any atom is -0.342 e. The highest BCUT2D eigenvalue weighted by molar-refractivity contribution is 5.85. The fourth-order valence-corrected chi connectivity index (χ4v) is 2.12. The quantitative estimate of drug-likeness (QED) is 0.777. The van der Waals surface area contributed by atoms with E-state index in [9.17, 15) is 0 Å². The van der Waals surface area contributed by atoms with E-state index in [1.165, 1.54) is 11.1 Å². The van der Waals surface area contributed by atoms with Gasteiger partial charge in [-0.25, -0.2) is 4.98 Å². The summed E-state index contributed by atoms with van der Waals surface area (Å²) in [5.74, 6) is 0.956. The number of hydrogen-bond acceptors (Lipinski definition) is 2. The van der Waals surface area contributed by atoms with Crippen molar-refractivity contribution >= 4 is 35.8 Å². The molecule has 3 nitrogen and oxygen atoms in total. The van der Waals surface area contributed by atoms with Gasteiger partial charge in [-0.15, -0.1) is 24.8 Å². The van der Waals surface area contributed by atoms with Gasteiger partial charge in [0.2, 0.25) is 0 Å². The lowest BCUT2D eigenvalue weighted by Gasteiger charge is -2.00. The molecule has 106 valence electrons. The van der Waals surface area contributed by atoms with Crippen LogP contribution in [0.15, 0.2) is 48.5 Å². The molecule has 20 heavy (non-hydrogen) atoms. The molecule has 3 rings (SSSR count).